The van der Waals surface area contributed by atoms with E-state index in [1.807, 2.05) is 6.92 Å². The number of hydrazone groups is 1. The monoisotopic (exact) mass is 553 g/mol. The number of carbonyl (C=O) groups is 3. The largest absolute Gasteiger partial charge is 0.490 e. The molecule has 2 N–H and O–H groups in total. The van der Waals surface area contributed by atoms with Crippen LogP contribution in [0.2, 0.25) is 0 Å². The molecular formula is C28H28FN3O6S. The van der Waals surface area contributed by atoms with Crippen molar-refractivity contribution in [3.05, 3.63) is 75.4 Å². The molecule has 204 valence electrons. The number of halogens is 1. The summed E-state index contributed by atoms with van der Waals surface area (Å²) in [6, 6.07) is 11.3. The zero-order valence-electron chi connectivity index (χ0n) is 21.5. The van der Waals surface area contributed by atoms with Crippen molar-refractivity contribution in [2.24, 2.45) is 5.10 Å². The molecule has 3 aromatic rings. The van der Waals surface area contributed by atoms with Crippen LogP contribution in [0.4, 0.5) is 9.39 Å². The number of esters is 1. The third-order valence-corrected chi connectivity index (χ3v) is 7.03. The zero-order chi connectivity index (χ0) is 27.8. The Morgan fingerprint density at radius 2 is 1.85 bits per heavy atom. The number of benzene rings is 2. The first-order chi connectivity index (χ1) is 18.9. The summed E-state index contributed by atoms with van der Waals surface area (Å²) in [5, 5.41) is 6.68. The number of carbonyl (C=O) groups excluding carboxylic acids is 3. The van der Waals surface area contributed by atoms with E-state index in [2.05, 4.69) is 15.8 Å². The second-order valence-corrected chi connectivity index (χ2v) is 9.56. The summed E-state index contributed by atoms with van der Waals surface area (Å²) in [5.74, 6) is -2.00. The summed E-state index contributed by atoms with van der Waals surface area (Å²) in [6.45, 7) is 4.12. The Hall–Kier alpha value is -4.25. The first-order valence-electron chi connectivity index (χ1n) is 12.5. The third kappa shape index (κ3) is 6.80. The minimum atomic E-state index is -0.996. The minimum Gasteiger partial charge on any atom is -0.490 e. The summed E-state index contributed by atoms with van der Waals surface area (Å²) in [6.07, 6.45) is 3.82. The van der Waals surface area contributed by atoms with E-state index in [-0.39, 0.29) is 19.0 Å². The molecule has 0 fully saturated rings. The lowest BCUT2D eigenvalue weighted by Crippen LogP contribution is -2.32. The van der Waals surface area contributed by atoms with E-state index in [4.69, 9.17) is 14.2 Å². The average molecular weight is 554 g/mol. The molecular weight excluding hydrogens is 525 g/mol. The van der Waals surface area contributed by atoms with E-state index in [0.29, 0.717) is 39.8 Å². The van der Waals surface area contributed by atoms with Crippen molar-refractivity contribution in [1.29, 1.82) is 0 Å². The molecule has 0 atom stereocenters. The standard InChI is InChI=1S/C28H28FN3O6S/c1-3-36-22-14-17(12-13-21(22)38-16-18-8-5-6-10-20(18)29)15-30-32-26(34)25(33)31-27-24(28(35)37-4-2)19-9-7-11-23(19)39-27/h5-6,8,10,12-15H,3-4,7,9,11,16H2,1-2H3,(H,31,33)(H,32,34)/b30-15+. The van der Waals surface area contributed by atoms with Crippen molar-refractivity contribution in [3.8, 4) is 11.5 Å². The van der Waals surface area contributed by atoms with Gasteiger partial charge in [-0.25, -0.2) is 14.6 Å². The van der Waals surface area contributed by atoms with Gasteiger partial charge in [0.2, 0.25) is 0 Å². The van der Waals surface area contributed by atoms with Crippen LogP contribution in [0.5, 0.6) is 11.5 Å². The van der Waals surface area contributed by atoms with Crippen LogP contribution in [0.15, 0.2) is 47.6 Å². The van der Waals surface area contributed by atoms with Gasteiger partial charge in [-0.3, -0.25) is 9.59 Å². The fraction of sp³-hybridized carbons (Fsp3) is 0.286. The molecule has 1 aliphatic carbocycles. The highest BCUT2D eigenvalue weighted by molar-refractivity contribution is 7.17. The van der Waals surface area contributed by atoms with Gasteiger partial charge in [-0.2, -0.15) is 5.10 Å². The second-order valence-electron chi connectivity index (χ2n) is 8.45. The maximum atomic E-state index is 13.9. The molecule has 0 radical (unpaired) electrons. The molecule has 1 aliphatic rings. The van der Waals surface area contributed by atoms with Crippen molar-refractivity contribution < 1.29 is 33.0 Å². The summed E-state index contributed by atoms with van der Waals surface area (Å²) in [5.41, 5.74) is 4.36. The summed E-state index contributed by atoms with van der Waals surface area (Å²) in [4.78, 5) is 38.4. The molecule has 4 rings (SSSR count). The molecule has 0 aliphatic heterocycles. The van der Waals surface area contributed by atoms with E-state index in [0.717, 1.165) is 29.7 Å². The lowest BCUT2D eigenvalue weighted by atomic mass is 10.1. The Kier molecular flexibility index (Phi) is 9.27. The van der Waals surface area contributed by atoms with E-state index in [1.165, 1.54) is 23.6 Å². The van der Waals surface area contributed by atoms with Gasteiger partial charge in [0.1, 0.15) is 17.4 Å². The van der Waals surface area contributed by atoms with Gasteiger partial charge in [0.25, 0.3) is 0 Å². The van der Waals surface area contributed by atoms with Gasteiger partial charge < -0.3 is 19.5 Å². The van der Waals surface area contributed by atoms with E-state index in [1.54, 1.807) is 43.3 Å². The Morgan fingerprint density at radius 1 is 1.03 bits per heavy atom. The summed E-state index contributed by atoms with van der Waals surface area (Å²) >= 11 is 1.28. The number of thiophene rings is 1. The first-order valence-corrected chi connectivity index (χ1v) is 13.3. The maximum absolute atomic E-state index is 13.9. The average Bonchev–Trinajstić information content (AvgIpc) is 3.50. The van der Waals surface area contributed by atoms with Gasteiger partial charge in [0.05, 0.1) is 25.0 Å². The molecule has 2 amide bonds. The van der Waals surface area contributed by atoms with Gasteiger partial charge in [0, 0.05) is 10.4 Å². The number of aryl methyl sites for hydroxylation is 1. The third-order valence-electron chi connectivity index (χ3n) is 5.82. The first kappa shape index (κ1) is 27.8. The van der Waals surface area contributed by atoms with Gasteiger partial charge in [-0.15, -0.1) is 11.3 Å². The predicted molar refractivity (Wildman–Crippen MR) is 145 cm³/mol. The molecule has 2 aromatic carbocycles. The Balaban J connectivity index is 1.38. The van der Waals surface area contributed by atoms with Crippen LogP contribution >= 0.6 is 11.3 Å². The second kappa shape index (κ2) is 13.0. The van der Waals surface area contributed by atoms with Gasteiger partial charge in [-0.1, -0.05) is 18.2 Å². The highest BCUT2D eigenvalue weighted by Gasteiger charge is 2.29. The fourth-order valence-electron chi connectivity index (χ4n) is 4.05. The molecule has 0 unspecified atom stereocenters. The number of anilines is 1. The number of ether oxygens (including phenoxy) is 3. The van der Waals surface area contributed by atoms with Crippen LogP contribution in [-0.2, 0) is 33.8 Å². The van der Waals surface area contributed by atoms with Gasteiger partial charge in [0.15, 0.2) is 11.5 Å². The SMILES string of the molecule is CCOC(=O)c1c(NC(=O)C(=O)N/N=C/c2ccc(OCc3ccccc3F)c(OCC)c2)sc2c1CCC2. The quantitative estimate of drug-likeness (QED) is 0.164. The molecule has 0 spiro atoms. The minimum absolute atomic E-state index is 0.0243. The molecule has 39 heavy (non-hydrogen) atoms. The van der Waals surface area contributed by atoms with Gasteiger partial charge >= 0.3 is 17.8 Å². The summed E-state index contributed by atoms with van der Waals surface area (Å²) in [7, 11) is 0. The Bertz CT molecular complexity index is 1400. The Labute approximate surface area is 229 Å². The molecule has 0 saturated carbocycles. The smallest absolute Gasteiger partial charge is 0.341 e. The maximum Gasteiger partial charge on any atom is 0.341 e. The number of hydrogen-bond acceptors (Lipinski definition) is 8. The molecule has 0 saturated heterocycles. The summed E-state index contributed by atoms with van der Waals surface area (Å²) < 4.78 is 30.4. The van der Waals surface area contributed by atoms with Crippen molar-refractivity contribution in [3.63, 3.8) is 0 Å². The lowest BCUT2D eigenvalue weighted by molar-refractivity contribution is -0.136. The van der Waals surface area contributed by atoms with Crippen LogP contribution in [-0.4, -0.2) is 37.2 Å². The van der Waals surface area contributed by atoms with Gasteiger partial charge in [-0.05, 0) is 68.5 Å². The lowest BCUT2D eigenvalue weighted by Gasteiger charge is -2.13. The van der Waals surface area contributed by atoms with Crippen LogP contribution in [0.3, 0.4) is 0 Å². The fourth-order valence-corrected chi connectivity index (χ4v) is 5.32. The van der Waals surface area contributed by atoms with Crippen LogP contribution < -0.4 is 20.2 Å². The van der Waals surface area contributed by atoms with E-state index >= 15 is 0 Å². The number of amides is 2. The van der Waals surface area contributed by atoms with Crippen molar-refractivity contribution in [2.75, 3.05) is 18.5 Å². The zero-order valence-corrected chi connectivity index (χ0v) is 22.4. The number of nitrogens with one attached hydrogen (secondary N) is 2. The van der Waals surface area contributed by atoms with Crippen LogP contribution in [0.25, 0.3) is 0 Å². The Morgan fingerprint density at radius 3 is 2.62 bits per heavy atom. The van der Waals surface area contributed by atoms with Crippen molar-refractivity contribution in [2.45, 2.75) is 39.7 Å². The van der Waals surface area contributed by atoms with E-state index in [9.17, 15) is 18.8 Å². The molecule has 1 heterocycles. The normalized spacial score (nSPS) is 12.2. The van der Waals surface area contributed by atoms with Crippen LogP contribution in [0, 0.1) is 5.82 Å². The van der Waals surface area contributed by atoms with E-state index < -0.39 is 17.8 Å². The molecule has 0 bridgehead atoms. The molecule has 11 heteroatoms. The van der Waals surface area contributed by atoms with Crippen molar-refractivity contribution in [1.82, 2.24) is 5.43 Å². The molecule has 1 aromatic heterocycles. The highest BCUT2D eigenvalue weighted by atomic mass is 32.1. The topological polar surface area (TPSA) is 115 Å². The van der Waals surface area contributed by atoms with Crippen LogP contribution in [0.1, 0.15) is 52.2 Å². The van der Waals surface area contributed by atoms with Crippen molar-refractivity contribution >= 4 is 40.3 Å². The highest BCUT2D eigenvalue weighted by Crippen LogP contribution is 2.39. The predicted octanol–water partition coefficient (Wildman–Crippen LogP) is 4.62. The number of hydrogen-bond donors (Lipinski definition) is 2. The number of rotatable bonds is 10. The number of fused-ring (bicyclic) bond motifs is 1. The molecule has 9 nitrogen and oxygen atoms in total. The number of nitrogens with zero attached hydrogens (tertiary/aromatic N) is 1.